The number of rotatable bonds is 4. The fraction of sp³-hybridized carbons (Fsp3) is 0.944. The van der Waals surface area contributed by atoms with Gasteiger partial charge in [-0.05, 0) is 52.9 Å². The van der Waals surface area contributed by atoms with Crippen LogP contribution in [0.2, 0.25) is 0 Å². The first kappa shape index (κ1) is 17.0. The minimum absolute atomic E-state index is 0.126. The Labute approximate surface area is 139 Å². The van der Waals surface area contributed by atoms with Gasteiger partial charge in [0, 0.05) is 18.6 Å². The summed E-state index contributed by atoms with van der Waals surface area (Å²) in [6.45, 7) is 8.77. The second kappa shape index (κ2) is 6.60. The largest absolute Gasteiger partial charge is 0.444 e. The Bertz CT molecular complexity index is 428. The first-order chi connectivity index (χ1) is 10.8. The summed E-state index contributed by atoms with van der Waals surface area (Å²) in [6.07, 6.45) is 6.31. The quantitative estimate of drug-likeness (QED) is 0.835. The second-order valence-corrected chi connectivity index (χ2v) is 8.49. The van der Waals surface area contributed by atoms with Crippen LogP contribution in [0.5, 0.6) is 0 Å². The molecule has 1 aliphatic heterocycles. The zero-order valence-corrected chi connectivity index (χ0v) is 14.9. The molecule has 3 rings (SSSR count). The van der Waals surface area contributed by atoms with Gasteiger partial charge in [0.15, 0.2) is 0 Å². The highest BCUT2D eigenvalue weighted by Gasteiger charge is 2.55. The van der Waals surface area contributed by atoms with Gasteiger partial charge in [0.05, 0.1) is 18.2 Å². The number of ether oxygens (including phenoxy) is 2. The third-order valence-corrected chi connectivity index (χ3v) is 5.63. The van der Waals surface area contributed by atoms with E-state index in [2.05, 4.69) is 17.6 Å². The Hall–Kier alpha value is -0.810. The van der Waals surface area contributed by atoms with Crippen LogP contribution in [0.4, 0.5) is 4.79 Å². The van der Waals surface area contributed by atoms with Crippen molar-refractivity contribution >= 4 is 6.09 Å². The van der Waals surface area contributed by atoms with E-state index in [-0.39, 0.29) is 24.3 Å². The summed E-state index contributed by atoms with van der Waals surface area (Å²) in [5, 5.41) is 6.84. The standard InChI is InChI=1S/C18H32N2O3/c1-11(12-7-5-6-8-12)19-15-14(13-9-10-22-16(13)15)20-17(21)23-18(2,3)4/h11-16,19H,5-10H2,1-4H3,(H,20,21). The fourth-order valence-electron chi connectivity index (χ4n) is 4.44. The maximum absolute atomic E-state index is 12.1. The zero-order chi connectivity index (χ0) is 16.6. The van der Waals surface area contributed by atoms with Crippen molar-refractivity contribution in [3.05, 3.63) is 0 Å². The average Bonchev–Trinajstić information content (AvgIpc) is 3.10. The van der Waals surface area contributed by atoms with Crippen LogP contribution in [0.25, 0.3) is 0 Å². The number of alkyl carbamates (subject to hydrolysis) is 1. The molecule has 3 aliphatic rings. The van der Waals surface area contributed by atoms with E-state index in [1.54, 1.807) is 0 Å². The lowest BCUT2D eigenvalue weighted by molar-refractivity contribution is -0.0391. The van der Waals surface area contributed by atoms with Gasteiger partial charge >= 0.3 is 6.09 Å². The molecule has 1 heterocycles. The molecular weight excluding hydrogens is 292 g/mol. The molecule has 2 N–H and O–H groups in total. The lowest BCUT2D eigenvalue weighted by atomic mass is 9.71. The van der Waals surface area contributed by atoms with Gasteiger partial charge in [-0.3, -0.25) is 0 Å². The summed E-state index contributed by atoms with van der Waals surface area (Å²) in [6, 6.07) is 0.822. The van der Waals surface area contributed by atoms with Gasteiger partial charge in [0.25, 0.3) is 0 Å². The molecule has 23 heavy (non-hydrogen) atoms. The van der Waals surface area contributed by atoms with Crippen molar-refractivity contribution < 1.29 is 14.3 Å². The molecule has 2 saturated carbocycles. The summed E-state index contributed by atoms with van der Waals surface area (Å²) in [5.41, 5.74) is -0.459. The summed E-state index contributed by atoms with van der Waals surface area (Å²) < 4.78 is 11.3. The van der Waals surface area contributed by atoms with Crippen LogP contribution in [-0.2, 0) is 9.47 Å². The highest BCUT2D eigenvalue weighted by Crippen LogP contribution is 2.40. The Kier molecular flexibility index (Phi) is 4.88. The van der Waals surface area contributed by atoms with Crippen LogP contribution < -0.4 is 10.6 Å². The Morgan fingerprint density at radius 3 is 2.52 bits per heavy atom. The highest BCUT2D eigenvalue weighted by molar-refractivity contribution is 5.68. The van der Waals surface area contributed by atoms with Crippen molar-refractivity contribution in [1.29, 1.82) is 0 Å². The van der Waals surface area contributed by atoms with E-state index < -0.39 is 5.60 Å². The van der Waals surface area contributed by atoms with E-state index in [0.29, 0.717) is 12.0 Å². The van der Waals surface area contributed by atoms with Gasteiger partial charge in [0.2, 0.25) is 0 Å². The first-order valence-electron chi connectivity index (χ1n) is 9.22. The van der Waals surface area contributed by atoms with Crippen LogP contribution in [0, 0.1) is 11.8 Å². The molecule has 0 bridgehead atoms. The third-order valence-electron chi connectivity index (χ3n) is 5.63. The number of hydrogen-bond acceptors (Lipinski definition) is 4. The molecule has 132 valence electrons. The summed E-state index contributed by atoms with van der Waals surface area (Å²) >= 11 is 0. The summed E-state index contributed by atoms with van der Waals surface area (Å²) in [7, 11) is 0. The molecule has 5 unspecified atom stereocenters. The van der Waals surface area contributed by atoms with Crippen molar-refractivity contribution in [3.8, 4) is 0 Å². The highest BCUT2D eigenvalue weighted by atomic mass is 16.6. The van der Waals surface area contributed by atoms with Gasteiger partial charge in [-0.2, -0.15) is 0 Å². The summed E-state index contributed by atoms with van der Waals surface area (Å²) in [4.78, 5) is 12.1. The smallest absolute Gasteiger partial charge is 0.407 e. The van der Waals surface area contributed by atoms with Crippen molar-refractivity contribution in [2.24, 2.45) is 11.8 Å². The number of hydrogen-bond donors (Lipinski definition) is 2. The predicted octanol–water partition coefficient (Wildman–Crippen LogP) is 2.84. The molecule has 0 aromatic carbocycles. The van der Waals surface area contributed by atoms with E-state index in [1.807, 2.05) is 20.8 Å². The molecule has 3 fully saturated rings. The maximum Gasteiger partial charge on any atom is 0.407 e. The summed E-state index contributed by atoms with van der Waals surface area (Å²) in [5.74, 6) is 1.19. The van der Waals surface area contributed by atoms with Gasteiger partial charge in [-0.15, -0.1) is 0 Å². The van der Waals surface area contributed by atoms with E-state index in [0.717, 1.165) is 18.9 Å². The Morgan fingerprint density at radius 2 is 1.87 bits per heavy atom. The fourth-order valence-corrected chi connectivity index (χ4v) is 4.44. The Balaban J connectivity index is 1.57. The number of fused-ring (bicyclic) bond motifs is 1. The molecule has 0 spiro atoms. The van der Waals surface area contributed by atoms with E-state index >= 15 is 0 Å². The SMILES string of the molecule is CC(NC1C(NC(=O)OC(C)(C)C)C2CCOC21)C1CCCC1. The van der Waals surface area contributed by atoms with Crippen molar-refractivity contribution in [2.75, 3.05) is 6.61 Å². The zero-order valence-electron chi connectivity index (χ0n) is 14.9. The Morgan fingerprint density at radius 1 is 1.17 bits per heavy atom. The minimum atomic E-state index is -0.459. The van der Waals surface area contributed by atoms with E-state index in [4.69, 9.17) is 9.47 Å². The third kappa shape index (κ3) is 3.82. The van der Waals surface area contributed by atoms with Crippen LogP contribution >= 0.6 is 0 Å². The van der Waals surface area contributed by atoms with Gasteiger partial charge in [0.1, 0.15) is 5.60 Å². The number of amides is 1. The number of nitrogens with one attached hydrogen (secondary N) is 2. The molecule has 0 aromatic rings. The molecule has 1 saturated heterocycles. The van der Waals surface area contributed by atoms with Gasteiger partial charge in [-0.1, -0.05) is 12.8 Å². The first-order valence-corrected chi connectivity index (χ1v) is 9.22. The van der Waals surface area contributed by atoms with Crippen LogP contribution in [0.3, 0.4) is 0 Å². The van der Waals surface area contributed by atoms with Gasteiger partial charge in [-0.25, -0.2) is 4.79 Å². The van der Waals surface area contributed by atoms with Gasteiger partial charge < -0.3 is 20.1 Å². The van der Waals surface area contributed by atoms with E-state index in [1.165, 1.54) is 25.7 Å². The molecule has 0 aromatic heterocycles. The van der Waals surface area contributed by atoms with Crippen LogP contribution in [0.1, 0.15) is 59.8 Å². The molecule has 5 atom stereocenters. The van der Waals surface area contributed by atoms with Crippen molar-refractivity contribution in [2.45, 2.75) is 89.6 Å². The number of carbonyl (C=O) groups is 1. The molecule has 2 aliphatic carbocycles. The monoisotopic (exact) mass is 324 g/mol. The molecule has 5 nitrogen and oxygen atoms in total. The van der Waals surface area contributed by atoms with Crippen LogP contribution in [-0.4, -0.2) is 42.5 Å². The van der Waals surface area contributed by atoms with E-state index in [9.17, 15) is 4.79 Å². The average molecular weight is 324 g/mol. The molecule has 0 radical (unpaired) electrons. The maximum atomic E-state index is 12.1. The normalized spacial score (nSPS) is 35.5. The van der Waals surface area contributed by atoms with Crippen molar-refractivity contribution in [3.63, 3.8) is 0 Å². The second-order valence-electron chi connectivity index (χ2n) is 8.49. The number of carbonyl (C=O) groups excluding carboxylic acids is 1. The van der Waals surface area contributed by atoms with Crippen molar-refractivity contribution in [1.82, 2.24) is 10.6 Å². The molecular formula is C18H32N2O3. The molecule has 5 heteroatoms. The predicted molar refractivity (Wildman–Crippen MR) is 89.3 cm³/mol. The topological polar surface area (TPSA) is 59.6 Å². The lowest BCUT2D eigenvalue weighted by Crippen LogP contribution is -2.71. The molecule has 1 amide bonds. The minimum Gasteiger partial charge on any atom is -0.444 e. The lowest BCUT2D eigenvalue weighted by Gasteiger charge is -2.49. The van der Waals surface area contributed by atoms with Crippen LogP contribution in [0.15, 0.2) is 0 Å².